The quantitative estimate of drug-likeness (QED) is 0.0467. The Morgan fingerprint density at radius 2 is 0.352 bits per heavy atom. The molecule has 9 rings (SSSR count). The Kier molecular flexibility index (Phi) is 31.3. The maximum absolute atomic E-state index is 14.6. The van der Waals surface area contributed by atoms with Gasteiger partial charge in [-0.3, -0.25) is 0 Å². The zero-order valence-electron chi connectivity index (χ0n) is 56.7. The van der Waals surface area contributed by atoms with Crippen LogP contribution < -0.4 is 25.9 Å². The topological polar surface area (TPSA) is 315 Å². The summed E-state index contributed by atoms with van der Waals surface area (Å²) in [5.41, 5.74) is 11.4. The molecule has 0 saturated carbocycles. The molecule has 0 radical (unpaired) electrons. The Morgan fingerprint density at radius 3 is 0.451 bits per heavy atom. The first kappa shape index (κ1) is 83.2. The molecular weight excluding hydrogens is 1520 g/mol. The van der Waals surface area contributed by atoms with Gasteiger partial charge in [-0.2, -0.15) is 0 Å². The fourth-order valence-electron chi connectivity index (χ4n) is 12.6. The molecule has 9 heterocycles. The highest BCUT2D eigenvalue weighted by Crippen LogP contribution is 2.55. The van der Waals surface area contributed by atoms with Gasteiger partial charge < -0.3 is 112 Å². The second-order valence-electron chi connectivity index (χ2n) is 24.6. The van der Waals surface area contributed by atoms with Crippen LogP contribution in [-0.2, 0) is 86.4 Å². The monoisotopic (exact) mass is 1630 g/mol. The summed E-state index contributed by atoms with van der Waals surface area (Å²) in [4.78, 5) is 43.8. The number of halogens is 3. The fourth-order valence-corrected chi connectivity index (χ4v) is 101. The van der Waals surface area contributed by atoms with Crippen LogP contribution in [0.1, 0.15) is 187 Å². The van der Waals surface area contributed by atoms with Crippen LogP contribution in [0.5, 0.6) is 0 Å². The van der Waals surface area contributed by atoms with Gasteiger partial charge in [0.2, 0.25) is 26.4 Å². The molecule has 536 valence electrons. The molecule has 0 spiro atoms. The molecule has 91 heavy (non-hydrogen) atoms. The minimum atomic E-state index is -4.39. The zero-order chi connectivity index (χ0) is 67.5. The summed E-state index contributed by atoms with van der Waals surface area (Å²) in [5.74, 6) is 0. The third-order valence-corrected chi connectivity index (χ3v) is 86.5. The van der Waals surface area contributed by atoms with Crippen LogP contribution in [0.3, 0.4) is 0 Å². The smallest absolute Gasteiger partial charge is 0.480 e. The van der Waals surface area contributed by atoms with Crippen molar-refractivity contribution in [2.45, 2.75) is 284 Å². The van der Waals surface area contributed by atoms with E-state index in [4.69, 9.17) is 131 Å². The van der Waals surface area contributed by atoms with Crippen molar-refractivity contribution in [3.63, 3.8) is 0 Å². The summed E-state index contributed by atoms with van der Waals surface area (Å²) in [7, 11) is -58.7. The van der Waals surface area contributed by atoms with Crippen LogP contribution in [0.2, 0.25) is 96.7 Å². The number of fused-ring (bicyclic) bond motifs is 3. The lowest BCUT2D eigenvalue weighted by atomic mass is 10.6. The molecule has 0 aromatic heterocycles. The molecule has 9 aliphatic rings. The van der Waals surface area contributed by atoms with Crippen molar-refractivity contribution in [2.24, 2.45) is 11.5 Å². The van der Waals surface area contributed by atoms with E-state index in [1.807, 2.05) is 48.5 Å². The first-order valence-electron chi connectivity index (χ1n) is 34.1. The van der Waals surface area contributed by atoms with E-state index in [-0.39, 0.29) is 42.8 Å². The number of rotatable bonds is 32. The second kappa shape index (κ2) is 34.3. The van der Waals surface area contributed by atoms with Crippen molar-refractivity contribution in [1.82, 2.24) is 0 Å². The lowest BCUT2D eigenvalue weighted by Gasteiger charge is -2.63. The molecule has 9 saturated heterocycles. The van der Waals surface area contributed by atoms with Crippen LogP contribution in [-0.4, -0.2) is 151 Å². The Hall–Kier alpha value is 3.30. The Bertz CT molecular complexity index is 1860. The van der Waals surface area contributed by atoms with E-state index in [0.29, 0.717) is 112 Å². The molecule has 0 unspecified atom stereocenters. The number of hydrogen-bond donors (Lipinski definition) is 2. The Balaban J connectivity index is 0.000000263. The molecular formula is C46H110Cl3N2O24Si16-3. The van der Waals surface area contributed by atoms with Crippen molar-refractivity contribution in [1.29, 1.82) is 0 Å². The SMILES string of the molecule is CCC[Si]1([O-])O[Si]2(CCC)O[Si]([O-])(CCC)O[Si]3(CCC)O[Si]([O-])(CCC)O[Si](CCC)(O1)O[Si](CCC)(O2)O3.CCC[Si]12O[Si]3(CCC)O[Si]4(CCC)O[Si](CCC)(O1)O[Si]1(CCC)O[Si](CCC)(O2)O[Si](CCC)(O3)O[Si](CCN)(O4)O1.NCC[Si](Cl)(Cl)Cl. The molecule has 0 aromatic rings. The van der Waals surface area contributed by atoms with E-state index in [0.717, 1.165) is 44.9 Å². The first-order valence-corrected chi connectivity index (χ1v) is 68.3. The van der Waals surface area contributed by atoms with Gasteiger partial charge in [0, 0.05) is 72.5 Å². The fraction of sp³-hybridized carbons (Fsp3) is 1.00. The minimum absolute atomic E-state index is 0.0607. The van der Waals surface area contributed by atoms with E-state index in [1.54, 1.807) is 0 Å². The Labute approximate surface area is 575 Å². The van der Waals surface area contributed by atoms with E-state index in [1.165, 1.54) is 0 Å². The van der Waals surface area contributed by atoms with Gasteiger partial charge in [-0.25, -0.2) is 0 Å². The summed E-state index contributed by atoms with van der Waals surface area (Å²) in [6.07, 6.45) is 8.93. The van der Waals surface area contributed by atoms with E-state index in [9.17, 15) is 14.4 Å². The normalized spacial score (nSPS) is 42.7. The van der Waals surface area contributed by atoms with Crippen molar-refractivity contribution in [3.8, 4) is 0 Å². The van der Waals surface area contributed by atoms with Crippen LogP contribution in [0.4, 0.5) is 0 Å². The lowest BCUT2D eigenvalue weighted by molar-refractivity contribution is -0.282. The maximum Gasteiger partial charge on any atom is 0.480 e. The zero-order valence-corrected chi connectivity index (χ0v) is 75.0. The van der Waals surface area contributed by atoms with Gasteiger partial charge >= 0.3 is 112 Å². The predicted molar refractivity (Wildman–Crippen MR) is 372 cm³/mol. The van der Waals surface area contributed by atoms with Crippen LogP contribution in [0.25, 0.3) is 0 Å². The maximum atomic E-state index is 14.6. The van der Waals surface area contributed by atoms with E-state index in [2.05, 4.69) is 48.5 Å². The number of hydrogen-bond acceptors (Lipinski definition) is 26. The third-order valence-electron chi connectivity index (χ3n) is 15.2. The third kappa shape index (κ3) is 20.8. The predicted octanol–water partition coefficient (Wildman–Crippen LogP) is 9.89. The number of nitrogens with two attached hydrogens (primary N) is 2. The van der Waals surface area contributed by atoms with Crippen LogP contribution in [0.15, 0.2) is 0 Å². The molecule has 0 atom stereocenters. The summed E-state index contributed by atoms with van der Waals surface area (Å²) < 4.78 is 148. The van der Waals surface area contributed by atoms with Crippen molar-refractivity contribution in [2.75, 3.05) is 13.1 Å². The minimum Gasteiger partial charge on any atom is -0.817 e. The molecule has 0 amide bonds. The average molecular weight is 1630 g/mol. The highest BCUT2D eigenvalue weighted by molar-refractivity contribution is 7.64. The van der Waals surface area contributed by atoms with Gasteiger partial charge in [0.25, 0.3) is 0 Å². The van der Waals surface area contributed by atoms with Gasteiger partial charge in [-0.15, -0.1) is 33.2 Å². The van der Waals surface area contributed by atoms with Gasteiger partial charge in [-0.05, 0) is 37.3 Å². The van der Waals surface area contributed by atoms with Crippen molar-refractivity contribution in [3.05, 3.63) is 0 Å². The van der Waals surface area contributed by atoms with Gasteiger partial charge in [0.05, 0.1) is 0 Å². The molecule has 0 aromatic carbocycles. The van der Waals surface area contributed by atoms with Crippen molar-refractivity contribution >= 4 is 171 Å². The molecule has 9 fully saturated rings. The molecule has 26 nitrogen and oxygen atoms in total. The standard InChI is InChI=1S/C23H55NO12Si8.C21H49O12Si7.C2H6Cl3NSi/c1-8-16-37-25-38(17-9-2)28-41(20-12-5)30-39(26-37,18-10-3)32-43(22-14-7)33-40(27-37,19-11-4)31-42(29-38,21-13-6)35-44(34-41,36-43)23-15-24;1-8-15-34(22)25-37(18-11-4)27-35(23,16-9-2)29-39(20-13-6)30-36(24,17-10-3)28-38(26-34,19-12-5)32-40(31-37,33-39)21-14-7;3-7(4,5)2-1-6/h8-24H2,1-7H3;8-21H2,1-7H3;1-2,6H2/q;-3;. The van der Waals surface area contributed by atoms with Gasteiger partial charge in [0.15, 0.2) is 0 Å². The van der Waals surface area contributed by atoms with E-state index < -0.39 is 138 Å². The molecule has 0 aliphatic carbocycles. The van der Waals surface area contributed by atoms with Crippen molar-refractivity contribution < 1.29 is 101 Å². The highest BCUT2D eigenvalue weighted by atomic mass is 35.8. The molecule has 4 N–H and O–H groups in total. The second-order valence-corrected chi connectivity index (χ2v) is 79.0. The summed E-state index contributed by atoms with van der Waals surface area (Å²) in [5, 5.41) is 0. The van der Waals surface area contributed by atoms with Gasteiger partial charge in [-0.1, -0.05) is 187 Å². The first-order chi connectivity index (χ1) is 42.8. The summed E-state index contributed by atoms with van der Waals surface area (Å²) in [6.45, 7) is 28.8. The Morgan fingerprint density at radius 1 is 0.220 bits per heavy atom. The summed E-state index contributed by atoms with van der Waals surface area (Å²) >= 11 is 16.3. The van der Waals surface area contributed by atoms with Crippen LogP contribution >= 0.6 is 33.2 Å². The van der Waals surface area contributed by atoms with E-state index >= 15 is 0 Å². The lowest BCUT2D eigenvalue weighted by Crippen LogP contribution is -2.88. The molecule has 9 aliphatic heterocycles. The molecule has 12 bridgehead atoms. The molecule has 45 heteroatoms. The largest absolute Gasteiger partial charge is 0.817 e. The van der Waals surface area contributed by atoms with Gasteiger partial charge in [0.1, 0.15) is 0 Å². The summed E-state index contributed by atoms with van der Waals surface area (Å²) in [6, 6.07) is 3.39. The highest BCUT2D eigenvalue weighted by Gasteiger charge is 2.83. The average Bonchev–Trinajstić information content (AvgIpc) is 0.697. The van der Waals surface area contributed by atoms with Crippen LogP contribution in [0, 0.1) is 0 Å².